The molecule has 22 heavy (non-hydrogen) atoms. The van der Waals surface area contributed by atoms with Gasteiger partial charge in [-0.05, 0) is 48.2 Å². The van der Waals surface area contributed by atoms with Crippen LogP contribution in [-0.2, 0) is 9.53 Å². The van der Waals surface area contributed by atoms with Gasteiger partial charge in [-0.2, -0.15) is 5.21 Å². The van der Waals surface area contributed by atoms with Crippen LogP contribution in [0.15, 0.2) is 24.3 Å². The molecule has 0 spiro atoms. The zero-order valence-corrected chi connectivity index (χ0v) is 12.0. The molecule has 0 radical (unpaired) electrons. The van der Waals surface area contributed by atoms with Gasteiger partial charge in [-0.1, -0.05) is 10.2 Å². The van der Waals surface area contributed by atoms with Gasteiger partial charge in [0.2, 0.25) is 5.91 Å². The number of H-pyrrole nitrogens is 1. The number of benzene rings is 1. The predicted molar refractivity (Wildman–Crippen MR) is 77.5 cm³/mol. The summed E-state index contributed by atoms with van der Waals surface area (Å²) in [4.78, 5) is 12.0. The lowest BCUT2D eigenvalue weighted by atomic mass is 9.98. The van der Waals surface area contributed by atoms with Crippen molar-refractivity contribution in [2.75, 3.05) is 18.5 Å². The number of ether oxygens (including phenoxy) is 2. The lowest BCUT2D eigenvalue weighted by Gasteiger charge is -2.21. The van der Waals surface area contributed by atoms with Crippen molar-refractivity contribution < 1.29 is 14.3 Å². The summed E-state index contributed by atoms with van der Waals surface area (Å²) < 4.78 is 10.7. The van der Waals surface area contributed by atoms with Crippen LogP contribution in [0, 0.1) is 5.92 Å². The first-order chi connectivity index (χ1) is 10.8. The summed E-state index contributed by atoms with van der Waals surface area (Å²) in [6, 6.07) is 7.15. The molecule has 1 atom stereocenters. The average Bonchev–Trinajstić information content (AvgIpc) is 3.03. The van der Waals surface area contributed by atoms with Gasteiger partial charge in [0.15, 0.2) is 0 Å². The van der Waals surface area contributed by atoms with Crippen LogP contribution in [0.5, 0.6) is 11.8 Å². The van der Waals surface area contributed by atoms with Crippen molar-refractivity contribution >= 4 is 11.6 Å². The average molecular weight is 303 g/mol. The van der Waals surface area contributed by atoms with Crippen LogP contribution in [0.4, 0.5) is 5.69 Å². The molecule has 1 aromatic heterocycles. The minimum absolute atomic E-state index is 0.00216. The Morgan fingerprint density at radius 3 is 2.95 bits per heavy atom. The molecule has 2 aromatic rings. The fraction of sp³-hybridized carbons (Fsp3) is 0.429. The van der Waals surface area contributed by atoms with Crippen molar-refractivity contribution in [3.8, 4) is 11.8 Å². The maximum Gasteiger partial charge on any atom is 0.361 e. The number of hydrogen-bond donors (Lipinski definition) is 2. The molecule has 2 N–H and O–H groups in total. The molecule has 0 saturated carbocycles. The summed E-state index contributed by atoms with van der Waals surface area (Å²) in [6.07, 6.45) is 2.56. The summed E-state index contributed by atoms with van der Waals surface area (Å²) in [6.45, 7) is 1.48. The van der Waals surface area contributed by atoms with Crippen molar-refractivity contribution in [2.24, 2.45) is 5.92 Å². The first kappa shape index (κ1) is 14.5. The first-order valence-electron chi connectivity index (χ1n) is 7.18. The molecule has 0 aliphatic carbocycles. The smallest absolute Gasteiger partial charge is 0.361 e. The van der Waals surface area contributed by atoms with Gasteiger partial charge in [0.05, 0.1) is 0 Å². The highest BCUT2D eigenvalue weighted by Gasteiger charge is 2.17. The number of aromatic nitrogens is 4. The van der Waals surface area contributed by atoms with Crippen molar-refractivity contribution in [3.05, 3.63) is 24.3 Å². The van der Waals surface area contributed by atoms with Crippen molar-refractivity contribution in [1.29, 1.82) is 0 Å². The maximum atomic E-state index is 12.0. The Labute approximate surface area is 127 Å². The van der Waals surface area contributed by atoms with E-state index in [2.05, 4.69) is 25.9 Å². The lowest BCUT2D eigenvalue weighted by Crippen LogP contribution is -2.23. The Morgan fingerprint density at radius 1 is 1.41 bits per heavy atom. The summed E-state index contributed by atoms with van der Waals surface area (Å²) in [7, 11) is 0. The Balaban J connectivity index is 1.50. The Hall–Kier alpha value is -2.48. The predicted octanol–water partition coefficient (Wildman–Crippen LogP) is 1.75. The van der Waals surface area contributed by atoms with Gasteiger partial charge in [-0.3, -0.25) is 4.79 Å². The van der Waals surface area contributed by atoms with Gasteiger partial charge in [0.25, 0.3) is 0 Å². The number of aromatic amines is 1. The molecule has 1 aliphatic heterocycles. The fourth-order valence-corrected chi connectivity index (χ4v) is 2.35. The Morgan fingerprint density at radius 2 is 2.27 bits per heavy atom. The SMILES string of the molecule is O=C(CC1CCCOC1)Nc1ccc(Oc2nn[nH]n2)cc1. The molecule has 1 saturated heterocycles. The van der Waals surface area contributed by atoms with E-state index in [4.69, 9.17) is 9.47 Å². The van der Waals surface area contributed by atoms with E-state index in [9.17, 15) is 4.79 Å². The molecular weight excluding hydrogens is 286 g/mol. The minimum atomic E-state index is 0.00216. The van der Waals surface area contributed by atoms with E-state index in [1.165, 1.54) is 0 Å². The van der Waals surface area contributed by atoms with Gasteiger partial charge >= 0.3 is 6.01 Å². The monoisotopic (exact) mass is 303 g/mol. The molecule has 0 bridgehead atoms. The maximum absolute atomic E-state index is 12.0. The van der Waals surface area contributed by atoms with Crippen LogP contribution < -0.4 is 10.1 Å². The van der Waals surface area contributed by atoms with Crippen molar-refractivity contribution in [3.63, 3.8) is 0 Å². The molecule has 8 heteroatoms. The number of amides is 1. The van der Waals surface area contributed by atoms with Gasteiger partial charge in [0.1, 0.15) is 5.75 Å². The molecule has 116 valence electrons. The number of tetrazole rings is 1. The number of carbonyl (C=O) groups is 1. The van der Waals surface area contributed by atoms with E-state index in [0.29, 0.717) is 24.7 Å². The number of nitrogens with one attached hydrogen (secondary N) is 2. The van der Waals surface area contributed by atoms with E-state index in [1.54, 1.807) is 24.3 Å². The van der Waals surface area contributed by atoms with Crippen molar-refractivity contribution in [2.45, 2.75) is 19.3 Å². The first-order valence-corrected chi connectivity index (χ1v) is 7.18. The summed E-state index contributed by atoms with van der Waals surface area (Å²) in [5.41, 5.74) is 0.724. The summed E-state index contributed by atoms with van der Waals surface area (Å²) >= 11 is 0. The van der Waals surface area contributed by atoms with Gasteiger partial charge < -0.3 is 14.8 Å². The topological polar surface area (TPSA) is 102 Å². The van der Waals surface area contributed by atoms with Gasteiger partial charge in [-0.25, -0.2) is 0 Å². The lowest BCUT2D eigenvalue weighted by molar-refractivity contribution is -0.118. The van der Waals surface area contributed by atoms with E-state index >= 15 is 0 Å². The second-order valence-electron chi connectivity index (χ2n) is 5.16. The zero-order chi connectivity index (χ0) is 15.2. The molecule has 8 nitrogen and oxygen atoms in total. The molecule has 1 aliphatic rings. The quantitative estimate of drug-likeness (QED) is 0.872. The Kier molecular flexibility index (Phi) is 4.59. The number of anilines is 1. The molecule has 3 rings (SSSR count). The Bertz CT molecular complexity index is 593. The van der Waals surface area contributed by atoms with Crippen LogP contribution in [0.2, 0.25) is 0 Å². The minimum Gasteiger partial charge on any atom is -0.422 e. The van der Waals surface area contributed by atoms with Crippen LogP contribution in [-0.4, -0.2) is 39.7 Å². The molecule has 2 heterocycles. The third kappa shape index (κ3) is 4.01. The number of rotatable bonds is 5. The van der Waals surface area contributed by atoms with E-state index < -0.39 is 0 Å². The molecule has 1 unspecified atom stereocenters. The highest BCUT2D eigenvalue weighted by Crippen LogP contribution is 2.21. The van der Waals surface area contributed by atoms with E-state index in [0.717, 1.165) is 25.1 Å². The summed E-state index contributed by atoms with van der Waals surface area (Å²) in [5.74, 6) is 0.886. The zero-order valence-electron chi connectivity index (χ0n) is 12.0. The van der Waals surface area contributed by atoms with Crippen LogP contribution >= 0.6 is 0 Å². The molecule has 1 aromatic carbocycles. The number of hydrogen-bond acceptors (Lipinski definition) is 6. The highest BCUT2D eigenvalue weighted by molar-refractivity contribution is 5.90. The number of carbonyl (C=O) groups excluding carboxylic acids is 1. The summed E-state index contributed by atoms with van der Waals surface area (Å²) in [5, 5.41) is 16.0. The third-order valence-electron chi connectivity index (χ3n) is 3.40. The molecule has 1 amide bonds. The highest BCUT2D eigenvalue weighted by atomic mass is 16.5. The van der Waals surface area contributed by atoms with Gasteiger partial charge in [0, 0.05) is 25.3 Å². The largest absolute Gasteiger partial charge is 0.422 e. The second kappa shape index (κ2) is 6.99. The second-order valence-corrected chi connectivity index (χ2v) is 5.16. The van der Waals surface area contributed by atoms with E-state index in [-0.39, 0.29) is 11.9 Å². The van der Waals surface area contributed by atoms with Crippen LogP contribution in [0.1, 0.15) is 19.3 Å². The third-order valence-corrected chi connectivity index (χ3v) is 3.40. The standard InChI is InChI=1S/C14H17N5O3/c20-13(8-10-2-1-7-21-9-10)15-11-3-5-12(6-4-11)22-14-16-18-19-17-14/h3-6,10H,1-2,7-9H2,(H,15,20)(H,16,17,18,19). The van der Waals surface area contributed by atoms with Crippen LogP contribution in [0.3, 0.4) is 0 Å². The van der Waals surface area contributed by atoms with Crippen molar-refractivity contribution in [1.82, 2.24) is 20.6 Å². The van der Waals surface area contributed by atoms with Gasteiger partial charge in [-0.15, -0.1) is 0 Å². The normalized spacial score (nSPS) is 17.9. The van der Waals surface area contributed by atoms with E-state index in [1.807, 2.05) is 0 Å². The molecule has 1 fully saturated rings. The van der Waals surface area contributed by atoms with Crippen LogP contribution in [0.25, 0.3) is 0 Å². The fourth-order valence-electron chi connectivity index (χ4n) is 2.35. The molecular formula is C14H17N5O3. The number of nitrogens with zero attached hydrogens (tertiary/aromatic N) is 3.